The zero-order valence-electron chi connectivity index (χ0n) is 8.80. The first-order valence-corrected chi connectivity index (χ1v) is 5.74. The largest absolute Gasteiger partial charge is 0.456 e. The molecule has 0 saturated heterocycles. The molecule has 0 amide bonds. The number of benzene rings is 1. The second-order valence-corrected chi connectivity index (χ2v) is 4.27. The Morgan fingerprint density at radius 1 is 1.12 bits per heavy atom. The van der Waals surface area contributed by atoms with Crippen LogP contribution in [-0.2, 0) is 0 Å². The summed E-state index contributed by atoms with van der Waals surface area (Å²) in [4.78, 5) is 8.13. The van der Waals surface area contributed by atoms with E-state index >= 15 is 0 Å². The highest BCUT2D eigenvalue weighted by molar-refractivity contribution is 9.10. The first-order valence-electron chi connectivity index (χ1n) is 4.95. The molecule has 1 unspecified atom stereocenters. The quantitative estimate of drug-likeness (QED) is 0.864. The average molecular weight is 279 g/mol. The molecule has 0 radical (unpaired) electrons. The SMILES string of the molecule is CC(Oc1ncc(Br)cn1)c1ccccc1. The Balaban J connectivity index is 2.08. The van der Waals surface area contributed by atoms with Crippen LogP contribution < -0.4 is 4.74 Å². The number of aromatic nitrogens is 2. The van der Waals surface area contributed by atoms with E-state index in [1.165, 1.54) is 0 Å². The van der Waals surface area contributed by atoms with Gasteiger partial charge < -0.3 is 4.74 Å². The molecule has 82 valence electrons. The van der Waals surface area contributed by atoms with Crippen molar-refractivity contribution < 1.29 is 4.74 Å². The Morgan fingerprint density at radius 3 is 2.38 bits per heavy atom. The third-order valence-corrected chi connectivity index (χ3v) is 2.56. The number of halogens is 1. The lowest BCUT2D eigenvalue weighted by molar-refractivity contribution is 0.207. The molecule has 0 N–H and O–H groups in total. The van der Waals surface area contributed by atoms with Crippen molar-refractivity contribution in [3.63, 3.8) is 0 Å². The fourth-order valence-electron chi connectivity index (χ4n) is 1.31. The molecule has 4 heteroatoms. The summed E-state index contributed by atoms with van der Waals surface area (Å²) in [5, 5.41) is 0. The van der Waals surface area contributed by atoms with Crippen molar-refractivity contribution in [2.24, 2.45) is 0 Å². The van der Waals surface area contributed by atoms with E-state index in [0.29, 0.717) is 6.01 Å². The molecule has 0 fully saturated rings. The molecule has 0 aliphatic rings. The summed E-state index contributed by atoms with van der Waals surface area (Å²) in [6.45, 7) is 1.97. The van der Waals surface area contributed by atoms with E-state index in [9.17, 15) is 0 Å². The predicted octanol–water partition coefficient (Wildman–Crippen LogP) is 3.38. The summed E-state index contributed by atoms with van der Waals surface area (Å²) in [5.74, 6) is 0. The lowest BCUT2D eigenvalue weighted by atomic mass is 10.1. The molecule has 2 aromatic rings. The highest BCUT2D eigenvalue weighted by Gasteiger charge is 2.07. The Kier molecular flexibility index (Phi) is 3.51. The van der Waals surface area contributed by atoms with Crippen molar-refractivity contribution in [1.29, 1.82) is 0 Å². The van der Waals surface area contributed by atoms with Crippen molar-refractivity contribution >= 4 is 15.9 Å². The van der Waals surface area contributed by atoms with Gasteiger partial charge >= 0.3 is 6.01 Å². The molecule has 1 heterocycles. The van der Waals surface area contributed by atoms with Gasteiger partial charge in [0.2, 0.25) is 0 Å². The summed E-state index contributed by atoms with van der Waals surface area (Å²) in [7, 11) is 0. The van der Waals surface area contributed by atoms with Gasteiger partial charge in [-0.2, -0.15) is 0 Å². The number of ether oxygens (including phenoxy) is 1. The topological polar surface area (TPSA) is 35.0 Å². The van der Waals surface area contributed by atoms with Crippen LogP contribution in [0.1, 0.15) is 18.6 Å². The lowest BCUT2D eigenvalue weighted by Gasteiger charge is -2.12. The molecule has 0 spiro atoms. The van der Waals surface area contributed by atoms with E-state index in [2.05, 4.69) is 25.9 Å². The van der Waals surface area contributed by atoms with E-state index in [1.54, 1.807) is 12.4 Å². The van der Waals surface area contributed by atoms with Crippen LogP contribution in [0.3, 0.4) is 0 Å². The first kappa shape index (κ1) is 11.1. The molecular formula is C12H11BrN2O. The molecule has 16 heavy (non-hydrogen) atoms. The first-order chi connectivity index (χ1) is 7.75. The van der Waals surface area contributed by atoms with Gasteiger partial charge in [-0.25, -0.2) is 9.97 Å². The minimum Gasteiger partial charge on any atom is -0.456 e. The molecule has 0 aliphatic heterocycles. The monoisotopic (exact) mass is 278 g/mol. The Morgan fingerprint density at radius 2 is 1.75 bits per heavy atom. The third kappa shape index (κ3) is 2.79. The standard InChI is InChI=1S/C12H11BrN2O/c1-9(10-5-3-2-4-6-10)16-12-14-7-11(13)8-15-12/h2-9H,1H3. The fraction of sp³-hybridized carbons (Fsp3) is 0.167. The zero-order valence-corrected chi connectivity index (χ0v) is 10.4. The normalized spacial score (nSPS) is 12.1. The zero-order chi connectivity index (χ0) is 11.4. The maximum Gasteiger partial charge on any atom is 0.316 e. The van der Waals surface area contributed by atoms with Gasteiger partial charge in [0.25, 0.3) is 0 Å². The maximum atomic E-state index is 5.61. The van der Waals surface area contributed by atoms with Crippen LogP contribution in [0.15, 0.2) is 47.2 Å². The van der Waals surface area contributed by atoms with Crippen molar-refractivity contribution in [3.8, 4) is 6.01 Å². The summed E-state index contributed by atoms with van der Waals surface area (Å²) >= 11 is 3.28. The molecular weight excluding hydrogens is 268 g/mol. The summed E-state index contributed by atoms with van der Waals surface area (Å²) < 4.78 is 6.45. The van der Waals surface area contributed by atoms with Gasteiger partial charge in [-0.3, -0.25) is 0 Å². The lowest BCUT2D eigenvalue weighted by Crippen LogP contribution is -2.05. The van der Waals surface area contributed by atoms with Crippen LogP contribution in [0.5, 0.6) is 6.01 Å². The molecule has 0 saturated carbocycles. The van der Waals surface area contributed by atoms with Gasteiger partial charge in [-0.05, 0) is 28.4 Å². The van der Waals surface area contributed by atoms with E-state index in [4.69, 9.17) is 4.74 Å². The van der Waals surface area contributed by atoms with Gasteiger partial charge in [0, 0.05) is 12.4 Å². The molecule has 3 nitrogen and oxygen atoms in total. The van der Waals surface area contributed by atoms with Gasteiger partial charge in [-0.15, -0.1) is 0 Å². The minimum atomic E-state index is -0.0534. The van der Waals surface area contributed by atoms with E-state index in [-0.39, 0.29) is 6.10 Å². The molecule has 2 rings (SSSR count). The Bertz CT molecular complexity index is 444. The Hall–Kier alpha value is -1.42. The van der Waals surface area contributed by atoms with Crippen molar-refractivity contribution in [2.45, 2.75) is 13.0 Å². The van der Waals surface area contributed by atoms with Crippen LogP contribution in [0.25, 0.3) is 0 Å². The van der Waals surface area contributed by atoms with Gasteiger partial charge in [-0.1, -0.05) is 30.3 Å². The third-order valence-electron chi connectivity index (χ3n) is 2.15. The van der Waals surface area contributed by atoms with Crippen LogP contribution in [-0.4, -0.2) is 9.97 Å². The molecule has 1 atom stereocenters. The smallest absolute Gasteiger partial charge is 0.316 e. The fourth-order valence-corrected chi connectivity index (χ4v) is 1.52. The highest BCUT2D eigenvalue weighted by atomic mass is 79.9. The van der Waals surface area contributed by atoms with Crippen molar-refractivity contribution in [3.05, 3.63) is 52.8 Å². The second kappa shape index (κ2) is 5.07. The molecule has 1 aromatic carbocycles. The summed E-state index contributed by atoms with van der Waals surface area (Å²) in [6, 6.07) is 10.4. The summed E-state index contributed by atoms with van der Waals surface area (Å²) in [5.41, 5.74) is 1.11. The van der Waals surface area contributed by atoms with Crippen molar-refractivity contribution in [2.75, 3.05) is 0 Å². The summed E-state index contributed by atoms with van der Waals surface area (Å²) in [6.07, 6.45) is 3.28. The second-order valence-electron chi connectivity index (χ2n) is 3.35. The van der Waals surface area contributed by atoms with Crippen LogP contribution in [0.2, 0.25) is 0 Å². The van der Waals surface area contributed by atoms with Gasteiger partial charge in [0.05, 0.1) is 4.47 Å². The maximum absolute atomic E-state index is 5.61. The number of hydrogen-bond acceptors (Lipinski definition) is 3. The highest BCUT2D eigenvalue weighted by Crippen LogP contribution is 2.18. The molecule has 0 aliphatic carbocycles. The number of nitrogens with zero attached hydrogens (tertiary/aromatic N) is 2. The minimum absolute atomic E-state index is 0.0534. The predicted molar refractivity (Wildman–Crippen MR) is 65.2 cm³/mol. The average Bonchev–Trinajstić information content (AvgIpc) is 2.33. The number of hydrogen-bond donors (Lipinski definition) is 0. The Labute approximate surface area is 103 Å². The molecule has 1 aromatic heterocycles. The molecule has 0 bridgehead atoms. The van der Waals surface area contributed by atoms with Gasteiger partial charge in [0.1, 0.15) is 6.10 Å². The van der Waals surface area contributed by atoms with Gasteiger partial charge in [0.15, 0.2) is 0 Å². The van der Waals surface area contributed by atoms with Crippen LogP contribution in [0, 0.1) is 0 Å². The van der Waals surface area contributed by atoms with Crippen molar-refractivity contribution in [1.82, 2.24) is 9.97 Å². The van der Waals surface area contributed by atoms with Crippen LogP contribution in [0.4, 0.5) is 0 Å². The van der Waals surface area contributed by atoms with Crippen LogP contribution >= 0.6 is 15.9 Å². The van der Waals surface area contributed by atoms with E-state index in [0.717, 1.165) is 10.0 Å². The van der Waals surface area contributed by atoms with E-state index in [1.807, 2.05) is 37.3 Å². The number of rotatable bonds is 3. The van der Waals surface area contributed by atoms with E-state index < -0.39 is 0 Å².